The van der Waals surface area contributed by atoms with Crippen LogP contribution >= 0.6 is 0 Å². The average Bonchev–Trinajstić information content (AvgIpc) is 2.90. The first kappa shape index (κ1) is 13.6. The molecule has 1 saturated carbocycles. The molecule has 0 aromatic carbocycles. The molecule has 2 N–H and O–H groups in total. The van der Waals surface area contributed by atoms with E-state index in [0.29, 0.717) is 5.41 Å². The van der Waals surface area contributed by atoms with Crippen molar-refractivity contribution in [1.29, 1.82) is 0 Å². The van der Waals surface area contributed by atoms with E-state index < -0.39 is 0 Å². The lowest BCUT2D eigenvalue weighted by Crippen LogP contribution is -2.36. The van der Waals surface area contributed by atoms with Gasteiger partial charge in [0, 0.05) is 12.1 Å². The Hall–Kier alpha value is -0.800. The standard InChI is InChI=1S/C15H26N2O/c1-17(11-14-5-10-18-12-14)9-8-15(13-16)6-3-2-4-7-15/h5,10,12H,2-4,6-9,11,13,16H2,1H3. The lowest BCUT2D eigenvalue weighted by Gasteiger charge is -2.37. The largest absolute Gasteiger partial charge is 0.472 e. The summed E-state index contributed by atoms with van der Waals surface area (Å²) in [6.45, 7) is 2.95. The summed E-state index contributed by atoms with van der Waals surface area (Å²) in [6.07, 6.45) is 11.6. The van der Waals surface area contributed by atoms with Gasteiger partial charge in [-0.2, -0.15) is 0 Å². The number of rotatable bonds is 6. The summed E-state index contributed by atoms with van der Waals surface area (Å²) in [5.74, 6) is 0. The molecule has 3 nitrogen and oxygen atoms in total. The van der Waals surface area contributed by atoms with E-state index >= 15 is 0 Å². The number of hydrogen-bond acceptors (Lipinski definition) is 3. The minimum Gasteiger partial charge on any atom is -0.472 e. The highest BCUT2D eigenvalue weighted by molar-refractivity contribution is 5.04. The highest BCUT2D eigenvalue weighted by Gasteiger charge is 2.30. The van der Waals surface area contributed by atoms with Crippen LogP contribution in [0.1, 0.15) is 44.1 Å². The van der Waals surface area contributed by atoms with Crippen molar-refractivity contribution in [3.8, 4) is 0 Å². The molecule has 1 aromatic heterocycles. The molecular weight excluding hydrogens is 224 g/mol. The molecule has 1 fully saturated rings. The molecule has 1 aromatic rings. The third-order valence-electron chi connectivity index (χ3n) is 4.40. The molecule has 0 bridgehead atoms. The number of nitrogens with zero attached hydrogens (tertiary/aromatic N) is 1. The van der Waals surface area contributed by atoms with E-state index in [2.05, 4.69) is 11.9 Å². The summed E-state index contributed by atoms with van der Waals surface area (Å²) >= 11 is 0. The van der Waals surface area contributed by atoms with Crippen LogP contribution in [0.5, 0.6) is 0 Å². The predicted molar refractivity (Wildman–Crippen MR) is 74.2 cm³/mol. The highest BCUT2D eigenvalue weighted by Crippen LogP contribution is 2.38. The Bertz CT molecular complexity index is 328. The molecule has 1 aliphatic carbocycles. The van der Waals surface area contributed by atoms with Gasteiger partial charge in [-0.05, 0) is 50.9 Å². The highest BCUT2D eigenvalue weighted by atomic mass is 16.3. The molecule has 0 saturated heterocycles. The van der Waals surface area contributed by atoms with E-state index in [1.54, 1.807) is 6.26 Å². The molecule has 0 amide bonds. The van der Waals surface area contributed by atoms with Crippen LogP contribution in [0.4, 0.5) is 0 Å². The van der Waals surface area contributed by atoms with E-state index in [-0.39, 0.29) is 0 Å². The Morgan fingerprint density at radius 2 is 2.11 bits per heavy atom. The first-order chi connectivity index (χ1) is 8.74. The first-order valence-electron chi connectivity index (χ1n) is 7.14. The molecule has 0 unspecified atom stereocenters. The fraction of sp³-hybridized carbons (Fsp3) is 0.733. The zero-order valence-electron chi connectivity index (χ0n) is 11.5. The molecule has 2 rings (SSSR count). The van der Waals surface area contributed by atoms with Gasteiger partial charge in [0.2, 0.25) is 0 Å². The smallest absolute Gasteiger partial charge is 0.0947 e. The maximum absolute atomic E-state index is 6.03. The topological polar surface area (TPSA) is 42.4 Å². The minimum absolute atomic E-state index is 0.420. The van der Waals surface area contributed by atoms with Gasteiger partial charge in [0.05, 0.1) is 12.5 Å². The van der Waals surface area contributed by atoms with Gasteiger partial charge >= 0.3 is 0 Å². The Labute approximate surface area is 110 Å². The van der Waals surface area contributed by atoms with Crippen molar-refractivity contribution >= 4 is 0 Å². The van der Waals surface area contributed by atoms with Gasteiger partial charge < -0.3 is 15.1 Å². The normalized spacial score (nSPS) is 19.3. The minimum atomic E-state index is 0.420. The second-order valence-electron chi connectivity index (χ2n) is 5.88. The van der Waals surface area contributed by atoms with Crippen molar-refractivity contribution in [3.63, 3.8) is 0 Å². The SMILES string of the molecule is CN(CCC1(CN)CCCCC1)Cc1ccoc1. The average molecular weight is 250 g/mol. The fourth-order valence-electron chi connectivity index (χ4n) is 3.06. The van der Waals surface area contributed by atoms with Gasteiger partial charge in [-0.1, -0.05) is 19.3 Å². The molecule has 0 spiro atoms. The molecule has 0 aliphatic heterocycles. The van der Waals surface area contributed by atoms with Crippen LogP contribution in [0, 0.1) is 5.41 Å². The van der Waals surface area contributed by atoms with Crippen molar-refractivity contribution in [2.24, 2.45) is 11.1 Å². The molecule has 0 radical (unpaired) electrons. The van der Waals surface area contributed by atoms with Crippen molar-refractivity contribution in [3.05, 3.63) is 24.2 Å². The molecule has 3 heteroatoms. The third-order valence-corrected chi connectivity index (χ3v) is 4.40. The fourth-order valence-corrected chi connectivity index (χ4v) is 3.06. The van der Waals surface area contributed by atoms with Crippen LogP contribution in [0.15, 0.2) is 23.0 Å². The van der Waals surface area contributed by atoms with Gasteiger partial charge in [0.15, 0.2) is 0 Å². The molecule has 1 aliphatic rings. The quantitative estimate of drug-likeness (QED) is 0.844. The van der Waals surface area contributed by atoms with E-state index in [0.717, 1.165) is 19.6 Å². The van der Waals surface area contributed by atoms with Crippen molar-refractivity contribution in [2.75, 3.05) is 20.1 Å². The summed E-state index contributed by atoms with van der Waals surface area (Å²) in [6, 6.07) is 2.04. The van der Waals surface area contributed by atoms with Crippen LogP contribution < -0.4 is 5.73 Å². The Morgan fingerprint density at radius 1 is 1.33 bits per heavy atom. The maximum Gasteiger partial charge on any atom is 0.0947 e. The molecule has 1 heterocycles. The van der Waals surface area contributed by atoms with Crippen LogP contribution in [-0.2, 0) is 6.54 Å². The van der Waals surface area contributed by atoms with E-state index in [9.17, 15) is 0 Å². The summed E-state index contributed by atoms with van der Waals surface area (Å²) < 4.78 is 5.10. The van der Waals surface area contributed by atoms with E-state index in [4.69, 9.17) is 10.2 Å². The predicted octanol–water partition coefficient (Wildman–Crippen LogP) is 3.01. The number of hydrogen-bond donors (Lipinski definition) is 1. The maximum atomic E-state index is 6.03. The second kappa shape index (κ2) is 6.39. The number of nitrogens with two attached hydrogens (primary N) is 1. The van der Waals surface area contributed by atoms with Crippen molar-refractivity contribution in [1.82, 2.24) is 4.90 Å². The van der Waals surface area contributed by atoms with Gasteiger partial charge in [-0.3, -0.25) is 0 Å². The Kier molecular flexibility index (Phi) is 4.84. The molecule has 0 atom stereocenters. The zero-order valence-corrected chi connectivity index (χ0v) is 11.5. The van der Waals surface area contributed by atoms with Gasteiger partial charge in [0.25, 0.3) is 0 Å². The Balaban J connectivity index is 1.78. The van der Waals surface area contributed by atoms with Crippen molar-refractivity contribution in [2.45, 2.75) is 45.1 Å². The molecule has 18 heavy (non-hydrogen) atoms. The summed E-state index contributed by atoms with van der Waals surface area (Å²) in [5, 5.41) is 0. The molecular formula is C15H26N2O. The number of furan rings is 1. The first-order valence-corrected chi connectivity index (χ1v) is 7.14. The lowest BCUT2D eigenvalue weighted by molar-refractivity contribution is 0.154. The summed E-state index contributed by atoms with van der Waals surface area (Å²) in [4.78, 5) is 2.37. The molecule has 102 valence electrons. The van der Waals surface area contributed by atoms with E-state index in [1.165, 1.54) is 44.1 Å². The van der Waals surface area contributed by atoms with Gasteiger partial charge in [0.1, 0.15) is 0 Å². The zero-order chi connectivity index (χ0) is 12.8. The summed E-state index contributed by atoms with van der Waals surface area (Å²) in [7, 11) is 2.18. The van der Waals surface area contributed by atoms with Crippen LogP contribution in [0.3, 0.4) is 0 Å². The van der Waals surface area contributed by atoms with Crippen molar-refractivity contribution < 1.29 is 4.42 Å². The van der Waals surface area contributed by atoms with Crippen LogP contribution in [0.25, 0.3) is 0 Å². The van der Waals surface area contributed by atoms with Gasteiger partial charge in [-0.25, -0.2) is 0 Å². The van der Waals surface area contributed by atoms with E-state index in [1.807, 2.05) is 12.3 Å². The third kappa shape index (κ3) is 3.59. The van der Waals surface area contributed by atoms with Gasteiger partial charge in [-0.15, -0.1) is 0 Å². The summed E-state index contributed by atoms with van der Waals surface area (Å²) in [5.41, 5.74) is 7.70. The second-order valence-corrected chi connectivity index (χ2v) is 5.88. The lowest BCUT2D eigenvalue weighted by atomic mass is 9.72. The Morgan fingerprint density at radius 3 is 2.72 bits per heavy atom. The van der Waals surface area contributed by atoms with Crippen LogP contribution in [-0.4, -0.2) is 25.0 Å². The monoisotopic (exact) mass is 250 g/mol. The van der Waals surface area contributed by atoms with Crippen LogP contribution in [0.2, 0.25) is 0 Å².